The Kier molecular flexibility index (Phi) is 5.20. The molecule has 0 aromatic heterocycles. The summed E-state index contributed by atoms with van der Waals surface area (Å²) in [7, 11) is 0. The van der Waals surface area contributed by atoms with Crippen LogP contribution in [0, 0.1) is 5.92 Å². The van der Waals surface area contributed by atoms with Crippen LogP contribution in [-0.4, -0.2) is 22.0 Å². The van der Waals surface area contributed by atoms with Crippen LogP contribution in [-0.2, 0) is 4.79 Å². The number of piperidine rings is 1. The highest BCUT2D eigenvalue weighted by molar-refractivity contribution is 5.75. The van der Waals surface area contributed by atoms with Crippen LogP contribution < -0.4 is 5.43 Å². The molecule has 2 aliphatic carbocycles. The first-order valence-electron chi connectivity index (χ1n) is 8.95. The summed E-state index contributed by atoms with van der Waals surface area (Å²) in [5.41, 5.74) is 6.09. The van der Waals surface area contributed by atoms with Crippen molar-refractivity contribution in [3.63, 3.8) is 0 Å². The van der Waals surface area contributed by atoms with Crippen molar-refractivity contribution in [3.8, 4) is 11.1 Å². The highest BCUT2D eigenvalue weighted by Crippen LogP contribution is 2.43. The lowest BCUT2D eigenvalue weighted by Gasteiger charge is -2.57. The Hall–Kier alpha value is -1.35. The zero-order chi connectivity index (χ0) is 17.3. The van der Waals surface area contributed by atoms with Gasteiger partial charge in [-0.1, -0.05) is 45.0 Å². The normalized spacial score (nSPS) is 31.8. The highest BCUT2D eigenvalue weighted by Gasteiger charge is 2.49. The van der Waals surface area contributed by atoms with Gasteiger partial charge < -0.3 is 0 Å². The number of nitrogens with one attached hydrogen (secondary N) is 1. The van der Waals surface area contributed by atoms with Gasteiger partial charge in [0.15, 0.2) is 0 Å². The molecule has 3 heteroatoms. The molecule has 3 rings (SSSR count). The fourth-order valence-corrected chi connectivity index (χ4v) is 3.71. The number of amides is 1. The van der Waals surface area contributed by atoms with Crippen molar-refractivity contribution in [1.29, 1.82) is 0 Å². The topological polar surface area (TPSA) is 32.3 Å². The Morgan fingerprint density at radius 1 is 1.17 bits per heavy atom. The van der Waals surface area contributed by atoms with Crippen LogP contribution in [0.1, 0.15) is 67.2 Å². The molecule has 3 unspecified atom stereocenters. The van der Waals surface area contributed by atoms with Crippen molar-refractivity contribution in [2.45, 2.75) is 78.3 Å². The largest absolute Gasteiger partial charge is 0.288 e. The number of rotatable bonds is 3. The number of hydrazine groups is 1. The molecule has 3 nitrogen and oxygen atoms in total. The number of benzene rings is 1. The van der Waals surface area contributed by atoms with Crippen LogP contribution in [0.4, 0.5) is 0 Å². The minimum absolute atomic E-state index is 0.0402. The van der Waals surface area contributed by atoms with Gasteiger partial charge in [-0.25, -0.2) is 5.01 Å². The molecule has 1 N–H and O–H groups in total. The molecule has 1 amide bonds. The van der Waals surface area contributed by atoms with Crippen LogP contribution in [0.25, 0.3) is 11.1 Å². The van der Waals surface area contributed by atoms with Crippen LogP contribution in [0.15, 0.2) is 24.3 Å². The number of fused-ring (bicyclic) bond motifs is 1. The molecule has 0 aromatic rings. The monoisotopic (exact) mass is 316 g/mol. The SMILES string of the molecule is CCC1(C)CCC(C)C(C)(CC)N1NC(C)=O.c1cc2ccc1-2. The predicted molar refractivity (Wildman–Crippen MR) is 96.9 cm³/mol. The van der Waals surface area contributed by atoms with Crippen molar-refractivity contribution in [2.75, 3.05) is 0 Å². The Balaban J connectivity index is 0.000000260. The summed E-state index contributed by atoms with van der Waals surface area (Å²) in [5, 5.41) is 2.25. The third-order valence-electron chi connectivity index (χ3n) is 6.19. The van der Waals surface area contributed by atoms with Gasteiger partial charge in [0.2, 0.25) is 5.91 Å². The maximum atomic E-state index is 11.5. The van der Waals surface area contributed by atoms with E-state index in [0.29, 0.717) is 5.92 Å². The zero-order valence-corrected chi connectivity index (χ0v) is 15.6. The summed E-state index contributed by atoms with van der Waals surface area (Å²) in [5.74, 6) is 0.650. The third kappa shape index (κ3) is 3.30. The number of carbonyl (C=O) groups excluding carboxylic acids is 1. The average molecular weight is 316 g/mol. The standard InChI is InChI=1S/C14H28N2O.C6H4/c1-7-13(5)10-9-11(3)14(6,8-2)16(13)15-12(4)17;1-2-6-4-3-5(1)6/h11H,7-10H2,1-6H3,(H,15,17);1-4H. The first-order valence-corrected chi connectivity index (χ1v) is 8.95. The van der Waals surface area contributed by atoms with Crippen molar-refractivity contribution >= 4 is 5.91 Å². The van der Waals surface area contributed by atoms with Gasteiger partial charge in [0.05, 0.1) is 0 Å². The second-order valence-electron chi connectivity index (χ2n) is 7.58. The van der Waals surface area contributed by atoms with E-state index in [-0.39, 0.29) is 17.0 Å². The summed E-state index contributed by atoms with van der Waals surface area (Å²) >= 11 is 0. The third-order valence-corrected chi connectivity index (χ3v) is 6.19. The molecule has 128 valence electrons. The summed E-state index contributed by atoms with van der Waals surface area (Å²) < 4.78 is 0. The van der Waals surface area contributed by atoms with Crippen molar-refractivity contribution in [3.05, 3.63) is 24.3 Å². The summed E-state index contributed by atoms with van der Waals surface area (Å²) in [6, 6.07) is 8.48. The Morgan fingerprint density at radius 3 is 2.00 bits per heavy atom. The van der Waals surface area contributed by atoms with Gasteiger partial charge in [0.1, 0.15) is 0 Å². The molecular weight excluding hydrogens is 284 g/mol. The Bertz CT molecular complexity index is 532. The predicted octanol–water partition coefficient (Wildman–Crippen LogP) is 4.77. The molecule has 3 aliphatic rings. The molecule has 0 bridgehead atoms. The lowest BCUT2D eigenvalue weighted by atomic mass is 9.71. The quantitative estimate of drug-likeness (QED) is 0.884. The Labute approximate surface area is 141 Å². The van der Waals surface area contributed by atoms with E-state index in [1.165, 1.54) is 17.5 Å². The van der Waals surface area contributed by atoms with E-state index in [2.05, 4.69) is 69.3 Å². The summed E-state index contributed by atoms with van der Waals surface area (Å²) in [6.07, 6.45) is 4.52. The van der Waals surface area contributed by atoms with Crippen LogP contribution in [0.5, 0.6) is 0 Å². The first kappa shape index (κ1) is 18.0. The maximum absolute atomic E-state index is 11.5. The molecule has 23 heavy (non-hydrogen) atoms. The number of nitrogens with zero attached hydrogens (tertiary/aromatic N) is 1. The van der Waals surface area contributed by atoms with E-state index in [0.717, 1.165) is 19.3 Å². The minimum atomic E-state index is 0.0402. The highest BCUT2D eigenvalue weighted by atomic mass is 16.2. The molecule has 1 saturated heterocycles. The Morgan fingerprint density at radius 2 is 1.70 bits per heavy atom. The summed E-state index contributed by atoms with van der Waals surface area (Å²) in [6.45, 7) is 12.9. The van der Waals surface area contributed by atoms with E-state index >= 15 is 0 Å². The van der Waals surface area contributed by atoms with E-state index in [1.54, 1.807) is 6.92 Å². The zero-order valence-electron chi connectivity index (χ0n) is 15.6. The van der Waals surface area contributed by atoms with Gasteiger partial charge >= 0.3 is 0 Å². The number of hydrogen-bond acceptors (Lipinski definition) is 2. The molecule has 0 saturated carbocycles. The van der Waals surface area contributed by atoms with Gasteiger partial charge in [-0.2, -0.15) is 0 Å². The van der Waals surface area contributed by atoms with Crippen molar-refractivity contribution in [1.82, 2.24) is 10.4 Å². The fourth-order valence-electron chi connectivity index (χ4n) is 3.71. The molecule has 0 radical (unpaired) electrons. The van der Waals surface area contributed by atoms with Gasteiger partial charge in [-0.05, 0) is 56.6 Å². The van der Waals surface area contributed by atoms with Crippen LogP contribution in [0.2, 0.25) is 0 Å². The number of carbonyl (C=O) groups is 1. The van der Waals surface area contributed by atoms with Gasteiger partial charge in [0, 0.05) is 18.0 Å². The smallest absolute Gasteiger partial charge is 0.231 e. The van der Waals surface area contributed by atoms with Crippen molar-refractivity contribution in [2.24, 2.45) is 5.92 Å². The van der Waals surface area contributed by atoms with E-state index in [9.17, 15) is 4.79 Å². The van der Waals surface area contributed by atoms with Crippen LogP contribution >= 0.6 is 0 Å². The fraction of sp³-hybridized carbons (Fsp3) is 0.650. The van der Waals surface area contributed by atoms with E-state index in [1.807, 2.05) is 0 Å². The summed E-state index contributed by atoms with van der Waals surface area (Å²) in [4.78, 5) is 11.5. The van der Waals surface area contributed by atoms with E-state index < -0.39 is 0 Å². The lowest BCUT2D eigenvalue weighted by Crippen LogP contribution is -2.69. The lowest BCUT2D eigenvalue weighted by molar-refractivity contribution is -0.149. The van der Waals surface area contributed by atoms with Crippen molar-refractivity contribution < 1.29 is 4.79 Å². The molecule has 1 fully saturated rings. The second-order valence-corrected chi connectivity index (χ2v) is 7.58. The van der Waals surface area contributed by atoms with Gasteiger partial charge in [-0.3, -0.25) is 10.2 Å². The van der Waals surface area contributed by atoms with Gasteiger partial charge in [-0.15, -0.1) is 0 Å². The molecule has 3 atom stereocenters. The average Bonchev–Trinajstić information content (AvgIpc) is 2.51. The molecule has 1 aliphatic heterocycles. The second kappa shape index (κ2) is 6.64. The van der Waals surface area contributed by atoms with Crippen LogP contribution in [0.3, 0.4) is 0 Å². The first-order chi connectivity index (χ1) is 10.8. The van der Waals surface area contributed by atoms with E-state index in [4.69, 9.17) is 0 Å². The van der Waals surface area contributed by atoms with Gasteiger partial charge in [0.25, 0.3) is 0 Å². The molecule has 0 spiro atoms. The molecular formula is C20H32N2O. The maximum Gasteiger partial charge on any atom is 0.231 e. The molecule has 1 heterocycles. The number of hydrogen-bond donors (Lipinski definition) is 1. The molecule has 0 aromatic carbocycles. The minimum Gasteiger partial charge on any atom is -0.288 e.